The first-order valence-electron chi connectivity index (χ1n) is 6.39. The van der Waals surface area contributed by atoms with Gasteiger partial charge in [0.15, 0.2) is 5.75 Å². The van der Waals surface area contributed by atoms with E-state index in [2.05, 4.69) is 15.9 Å². The van der Waals surface area contributed by atoms with Crippen LogP contribution in [0.5, 0.6) is 5.75 Å². The lowest BCUT2D eigenvalue weighted by Crippen LogP contribution is -2.33. The maximum atomic E-state index is 12.5. The smallest absolute Gasteiger partial charge is 0.265 e. The van der Waals surface area contributed by atoms with Gasteiger partial charge in [-0.15, -0.1) is 0 Å². The molecule has 0 bridgehead atoms. The Bertz CT molecular complexity index is 677. The average molecular weight is 397 g/mol. The molecule has 1 aromatic rings. The van der Waals surface area contributed by atoms with E-state index in [0.29, 0.717) is 11.0 Å². The molecular weight excluding hydrogens is 382 g/mol. The number of hydrogen-bond donors (Lipinski definition) is 0. The van der Waals surface area contributed by atoms with Crippen LogP contribution in [0.15, 0.2) is 21.5 Å². The van der Waals surface area contributed by atoms with Gasteiger partial charge in [-0.3, -0.25) is 4.79 Å². The maximum Gasteiger partial charge on any atom is 0.265 e. The first kappa shape index (κ1) is 16.6. The second-order valence-corrected chi connectivity index (χ2v) is 8.31. The van der Waals surface area contributed by atoms with E-state index < -0.39 is 9.05 Å². The molecule has 21 heavy (non-hydrogen) atoms. The fourth-order valence-electron chi connectivity index (χ4n) is 2.47. The van der Waals surface area contributed by atoms with Crippen LogP contribution in [-0.4, -0.2) is 38.9 Å². The second kappa shape index (κ2) is 6.14. The Morgan fingerprint density at radius 2 is 2.14 bits per heavy atom. The predicted octanol–water partition coefficient (Wildman–Crippen LogP) is 3.01. The van der Waals surface area contributed by atoms with E-state index in [4.69, 9.17) is 15.4 Å². The summed E-state index contributed by atoms with van der Waals surface area (Å²) in [5.74, 6) is -0.110. The molecular formula is C13H15BrClNO4S. The zero-order valence-electron chi connectivity index (χ0n) is 11.6. The van der Waals surface area contributed by atoms with Gasteiger partial charge >= 0.3 is 0 Å². The van der Waals surface area contributed by atoms with Crippen molar-refractivity contribution >= 4 is 41.6 Å². The quantitative estimate of drug-likeness (QED) is 0.737. The van der Waals surface area contributed by atoms with Gasteiger partial charge in [0.2, 0.25) is 0 Å². The van der Waals surface area contributed by atoms with Crippen LogP contribution in [0.1, 0.15) is 30.1 Å². The van der Waals surface area contributed by atoms with Crippen molar-refractivity contribution in [2.75, 3.05) is 13.7 Å². The number of benzene rings is 1. The largest absolute Gasteiger partial charge is 0.494 e. The third kappa shape index (κ3) is 3.35. The van der Waals surface area contributed by atoms with Gasteiger partial charge < -0.3 is 9.64 Å². The van der Waals surface area contributed by atoms with Gasteiger partial charge in [-0.2, -0.15) is 0 Å². The minimum Gasteiger partial charge on any atom is -0.494 e. The molecule has 2 rings (SSSR count). The van der Waals surface area contributed by atoms with Gasteiger partial charge in [-0.05, 0) is 47.8 Å². The summed E-state index contributed by atoms with van der Waals surface area (Å²) in [4.78, 5) is 14.0. The van der Waals surface area contributed by atoms with Crippen LogP contribution in [-0.2, 0) is 9.05 Å². The molecule has 116 valence electrons. The summed E-state index contributed by atoms with van der Waals surface area (Å²) in [6.45, 7) is 2.65. The molecule has 0 saturated carbocycles. The highest BCUT2D eigenvalue weighted by Gasteiger charge is 2.29. The van der Waals surface area contributed by atoms with Crippen LogP contribution in [0, 0.1) is 0 Å². The summed E-state index contributed by atoms with van der Waals surface area (Å²) >= 11 is 3.22. The summed E-state index contributed by atoms with van der Waals surface area (Å²) in [6, 6.07) is 2.96. The van der Waals surface area contributed by atoms with E-state index in [1.807, 2.05) is 6.92 Å². The lowest BCUT2D eigenvalue weighted by atomic mass is 10.1. The number of hydrogen-bond acceptors (Lipinski definition) is 4. The van der Waals surface area contributed by atoms with Crippen molar-refractivity contribution in [1.82, 2.24) is 4.90 Å². The molecule has 1 saturated heterocycles. The van der Waals surface area contributed by atoms with Gasteiger partial charge in [0.05, 0.1) is 11.6 Å². The molecule has 1 unspecified atom stereocenters. The molecule has 1 aliphatic heterocycles. The van der Waals surface area contributed by atoms with Crippen LogP contribution in [0.3, 0.4) is 0 Å². The van der Waals surface area contributed by atoms with Crippen molar-refractivity contribution in [2.45, 2.75) is 30.7 Å². The normalized spacial score (nSPS) is 18.9. The first-order chi connectivity index (χ1) is 9.75. The first-order valence-corrected chi connectivity index (χ1v) is 9.49. The number of ether oxygens (including phenoxy) is 1. The zero-order valence-corrected chi connectivity index (χ0v) is 14.8. The Kier molecular flexibility index (Phi) is 4.85. The van der Waals surface area contributed by atoms with Crippen LogP contribution in [0.25, 0.3) is 0 Å². The minimum absolute atomic E-state index is 0.0935. The monoisotopic (exact) mass is 395 g/mol. The predicted molar refractivity (Wildman–Crippen MR) is 83.5 cm³/mol. The maximum absolute atomic E-state index is 12.5. The summed E-state index contributed by atoms with van der Waals surface area (Å²) < 4.78 is 28.8. The standard InChI is InChI=1S/C13H15BrClNO4S/c1-8-4-3-5-16(8)13(17)9-6-10(14)12(20-2)11(7-9)21(15,18)19/h6-8H,3-5H2,1-2H3. The molecule has 1 amide bonds. The zero-order chi connectivity index (χ0) is 15.8. The molecule has 0 aromatic heterocycles. The molecule has 1 aliphatic rings. The Labute approximate surface area is 136 Å². The number of rotatable bonds is 3. The van der Waals surface area contributed by atoms with E-state index in [0.717, 1.165) is 12.8 Å². The number of amides is 1. The van der Waals surface area contributed by atoms with Crippen LogP contribution >= 0.6 is 26.6 Å². The van der Waals surface area contributed by atoms with Gasteiger partial charge in [0.25, 0.3) is 15.0 Å². The van der Waals surface area contributed by atoms with Gasteiger partial charge in [-0.25, -0.2) is 8.42 Å². The number of carbonyl (C=O) groups is 1. The van der Waals surface area contributed by atoms with Gasteiger partial charge in [0.1, 0.15) is 4.90 Å². The van der Waals surface area contributed by atoms with Crippen molar-refractivity contribution in [3.8, 4) is 5.75 Å². The molecule has 1 aromatic carbocycles. The van der Waals surface area contributed by atoms with Crippen molar-refractivity contribution in [3.63, 3.8) is 0 Å². The second-order valence-electron chi connectivity index (χ2n) is 4.92. The van der Waals surface area contributed by atoms with E-state index in [1.165, 1.54) is 13.2 Å². The molecule has 0 radical (unpaired) electrons. The van der Waals surface area contributed by atoms with Crippen LogP contribution < -0.4 is 4.74 Å². The number of nitrogens with zero attached hydrogens (tertiary/aromatic N) is 1. The topological polar surface area (TPSA) is 63.7 Å². The number of halogens is 2. The fourth-order valence-corrected chi connectivity index (χ4v) is 4.25. The third-order valence-electron chi connectivity index (χ3n) is 3.54. The highest BCUT2D eigenvalue weighted by atomic mass is 79.9. The Balaban J connectivity index is 2.51. The van der Waals surface area contributed by atoms with Crippen molar-refractivity contribution in [3.05, 3.63) is 22.2 Å². The number of likely N-dealkylation sites (tertiary alicyclic amines) is 1. The van der Waals surface area contributed by atoms with Crippen molar-refractivity contribution < 1.29 is 17.9 Å². The van der Waals surface area contributed by atoms with Crippen molar-refractivity contribution in [1.29, 1.82) is 0 Å². The summed E-state index contributed by atoms with van der Waals surface area (Å²) in [5, 5.41) is 0. The highest BCUT2D eigenvalue weighted by molar-refractivity contribution is 9.10. The number of carbonyl (C=O) groups excluding carboxylic acids is 1. The van der Waals surface area contributed by atoms with Gasteiger partial charge in [-0.1, -0.05) is 0 Å². The highest BCUT2D eigenvalue weighted by Crippen LogP contribution is 2.36. The summed E-state index contributed by atoms with van der Waals surface area (Å²) in [5.41, 5.74) is 0.274. The summed E-state index contributed by atoms with van der Waals surface area (Å²) in [6.07, 6.45) is 1.90. The molecule has 8 heteroatoms. The lowest BCUT2D eigenvalue weighted by molar-refractivity contribution is 0.0747. The van der Waals surface area contributed by atoms with E-state index in [9.17, 15) is 13.2 Å². The average Bonchev–Trinajstić information content (AvgIpc) is 2.82. The van der Waals surface area contributed by atoms with Gasteiger partial charge in [0, 0.05) is 28.8 Å². The Morgan fingerprint density at radius 1 is 1.48 bits per heavy atom. The molecule has 0 N–H and O–H groups in total. The van der Waals surface area contributed by atoms with E-state index >= 15 is 0 Å². The molecule has 0 spiro atoms. The molecule has 1 fully saturated rings. The fraction of sp³-hybridized carbons (Fsp3) is 0.462. The SMILES string of the molecule is COc1c(Br)cc(C(=O)N2CCCC2C)cc1S(=O)(=O)Cl. The number of methoxy groups -OCH3 is 1. The van der Waals surface area contributed by atoms with Crippen LogP contribution in [0.4, 0.5) is 0 Å². The molecule has 0 aliphatic carbocycles. The Hall–Kier alpha value is -0.790. The molecule has 1 atom stereocenters. The lowest BCUT2D eigenvalue weighted by Gasteiger charge is -2.22. The van der Waals surface area contributed by atoms with Crippen molar-refractivity contribution in [2.24, 2.45) is 0 Å². The van der Waals surface area contributed by atoms with Crippen LogP contribution in [0.2, 0.25) is 0 Å². The molecule has 5 nitrogen and oxygen atoms in total. The molecule has 1 heterocycles. The third-order valence-corrected chi connectivity index (χ3v) is 5.45. The van der Waals surface area contributed by atoms with E-state index in [-0.39, 0.29) is 28.2 Å². The van der Waals surface area contributed by atoms with E-state index in [1.54, 1.807) is 11.0 Å². The minimum atomic E-state index is -4.01. The summed E-state index contributed by atoms with van der Waals surface area (Å²) in [7, 11) is 2.75. The Morgan fingerprint density at radius 3 is 2.62 bits per heavy atom.